The maximum Gasteiger partial charge on any atom is 0.128 e. The van der Waals surface area contributed by atoms with Crippen molar-refractivity contribution in [3.8, 4) is 0 Å². The first-order valence-electron chi connectivity index (χ1n) is 4.58. The molecular weight excluding hydrogens is 214 g/mol. The number of rotatable bonds is 2. The van der Waals surface area contributed by atoms with Crippen LogP contribution in [0.2, 0.25) is 0 Å². The number of hydrogen-bond donors (Lipinski definition) is 1. The van der Waals surface area contributed by atoms with E-state index in [9.17, 15) is 4.39 Å². The second-order valence-corrected chi connectivity index (χ2v) is 4.22. The van der Waals surface area contributed by atoms with Crippen LogP contribution in [0.5, 0.6) is 0 Å². The zero-order chi connectivity index (χ0) is 9.90. The highest BCUT2D eigenvalue weighted by Crippen LogP contribution is 2.30. The molecule has 1 rings (SSSR count). The van der Waals surface area contributed by atoms with Gasteiger partial charge in [0.2, 0.25) is 0 Å². The fraction of sp³-hybridized carbons (Fsp3) is 1.00. The predicted octanol–water partition coefficient (Wildman–Crippen LogP) is 2.47. The molecule has 1 heterocycles. The molecule has 0 amide bonds. The quantitative estimate of drug-likeness (QED) is 0.731. The number of halogens is 3. The van der Waals surface area contributed by atoms with Crippen LogP contribution in [-0.2, 0) is 0 Å². The summed E-state index contributed by atoms with van der Waals surface area (Å²) >= 11 is 11.4. The third-order valence-corrected chi connectivity index (χ3v) is 3.29. The molecule has 1 fully saturated rings. The van der Waals surface area contributed by atoms with Gasteiger partial charge in [0, 0.05) is 13.1 Å². The zero-order valence-corrected chi connectivity index (χ0v) is 9.21. The summed E-state index contributed by atoms with van der Waals surface area (Å²) in [5, 5.41) is 0. The highest BCUT2D eigenvalue weighted by molar-refractivity contribution is 6.14. The van der Waals surface area contributed by atoms with Gasteiger partial charge in [0.25, 0.3) is 0 Å². The monoisotopic (exact) mass is 228 g/mol. The minimum absolute atomic E-state index is 0.376. The molecule has 0 aromatic carbocycles. The van der Waals surface area contributed by atoms with Crippen LogP contribution in [0.4, 0.5) is 4.39 Å². The van der Waals surface area contributed by atoms with E-state index < -0.39 is 5.67 Å². The highest BCUT2D eigenvalue weighted by atomic mass is 35.5. The van der Waals surface area contributed by atoms with Gasteiger partial charge < -0.3 is 0 Å². The predicted molar refractivity (Wildman–Crippen MR) is 53.6 cm³/mol. The molecule has 13 heavy (non-hydrogen) atoms. The molecule has 2 atom stereocenters. The molecule has 0 aromatic heterocycles. The number of nitrogens with one attached hydrogen (secondary N) is 1. The van der Waals surface area contributed by atoms with Crippen molar-refractivity contribution in [2.75, 3.05) is 13.1 Å². The molecule has 2 unspecified atom stereocenters. The molecule has 1 saturated heterocycles. The van der Waals surface area contributed by atoms with Crippen LogP contribution in [-0.4, -0.2) is 29.2 Å². The van der Waals surface area contributed by atoms with Gasteiger partial charge in [-0.3, -0.25) is 0 Å². The molecule has 5 heteroatoms. The third-order valence-electron chi connectivity index (χ3n) is 2.72. The molecular formula is C8H15Cl2FN2. The van der Waals surface area contributed by atoms with Gasteiger partial charge >= 0.3 is 0 Å². The molecule has 78 valence electrons. The summed E-state index contributed by atoms with van der Waals surface area (Å²) in [7, 11) is 0. The van der Waals surface area contributed by atoms with E-state index in [1.807, 2.05) is 6.92 Å². The van der Waals surface area contributed by atoms with Crippen molar-refractivity contribution in [2.45, 2.75) is 37.9 Å². The molecule has 1 N–H and O–H groups in total. The molecule has 2 nitrogen and oxygen atoms in total. The van der Waals surface area contributed by atoms with Crippen LogP contribution < -0.4 is 4.84 Å². The largest absolute Gasteiger partial charge is 0.242 e. The van der Waals surface area contributed by atoms with Crippen molar-refractivity contribution in [2.24, 2.45) is 0 Å². The summed E-state index contributed by atoms with van der Waals surface area (Å²) in [5.74, 6) is 0. The average molecular weight is 229 g/mol. The summed E-state index contributed by atoms with van der Waals surface area (Å²) in [6.45, 7) is 3.02. The summed E-state index contributed by atoms with van der Waals surface area (Å²) in [6.07, 6.45) is 1.78. The standard InChI is InChI=1S/C8H15Cl2FN2/c1-2-8(11)4-3-5-13(10)6-7(8)12-9/h7,12H,2-6H2,1H3. The minimum Gasteiger partial charge on any atom is -0.242 e. The number of nitrogens with zero attached hydrogens (tertiary/aromatic N) is 1. The Balaban J connectivity index is 2.69. The van der Waals surface area contributed by atoms with Crippen LogP contribution in [0.1, 0.15) is 26.2 Å². The van der Waals surface area contributed by atoms with E-state index in [1.165, 1.54) is 0 Å². The maximum atomic E-state index is 14.2. The van der Waals surface area contributed by atoms with Crippen LogP contribution in [0.25, 0.3) is 0 Å². The van der Waals surface area contributed by atoms with E-state index in [2.05, 4.69) is 4.84 Å². The minimum atomic E-state index is -1.22. The normalized spacial score (nSPS) is 37.4. The van der Waals surface area contributed by atoms with Crippen molar-refractivity contribution in [1.82, 2.24) is 9.25 Å². The zero-order valence-electron chi connectivity index (χ0n) is 7.69. The van der Waals surface area contributed by atoms with Crippen LogP contribution in [0.3, 0.4) is 0 Å². The lowest BCUT2D eigenvalue weighted by molar-refractivity contribution is 0.104. The maximum absolute atomic E-state index is 14.2. The topological polar surface area (TPSA) is 15.3 Å². The van der Waals surface area contributed by atoms with Crippen molar-refractivity contribution < 1.29 is 4.39 Å². The summed E-state index contributed by atoms with van der Waals surface area (Å²) < 4.78 is 15.8. The Morgan fingerprint density at radius 1 is 1.69 bits per heavy atom. The van der Waals surface area contributed by atoms with Crippen LogP contribution >= 0.6 is 23.6 Å². The van der Waals surface area contributed by atoms with Gasteiger partial charge in [-0.1, -0.05) is 6.92 Å². The number of alkyl halides is 1. The van der Waals surface area contributed by atoms with Gasteiger partial charge in [0.1, 0.15) is 5.67 Å². The second-order valence-electron chi connectivity index (χ2n) is 3.52. The van der Waals surface area contributed by atoms with Crippen LogP contribution in [0.15, 0.2) is 0 Å². The number of hydrogen-bond acceptors (Lipinski definition) is 2. The molecule has 0 aliphatic carbocycles. The Labute approximate surface area is 88.6 Å². The molecule has 1 aliphatic heterocycles. The van der Waals surface area contributed by atoms with E-state index in [0.717, 1.165) is 13.0 Å². The Morgan fingerprint density at radius 2 is 2.38 bits per heavy atom. The van der Waals surface area contributed by atoms with E-state index >= 15 is 0 Å². The summed E-state index contributed by atoms with van der Waals surface area (Å²) in [4.78, 5) is 2.49. The summed E-state index contributed by atoms with van der Waals surface area (Å²) in [6, 6.07) is -0.376. The Hall–Kier alpha value is 0.430. The van der Waals surface area contributed by atoms with Crippen LogP contribution in [0, 0.1) is 0 Å². The molecule has 0 aromatic rings. The second kappa shape index (κ2) is 4.78. The molecule has 0 bridgehead atoms. The highest BCUT2D eigenvalue weighted by Gasteiger charge is 2.39. The Bertz CT molecular complexity index is 170. The van der Waals surface area contributed by atoms with Gasteiger partial charge in [-0.2, -0.15) is 0 Å². The first kappa shape index (κ1) is 11.5. The van der Waals surface area contributed by atoms with Crippen molar-refractivity contribution in [3.63, 3.8) is 0 Å². The van der Waals surface area contributed by atoms with E-state index in [1.54, 1.807) is 4.42 Å². The lowest BCUT2D eigenvalue weighted by Crippen LogP contribution is -2.47. The SMILES string of the molecule is CCC1(F)CCCN(Cl)CC1NCl. The van der Waals surface area contributed by atoms with E-state index in [0.29, 0.717) is 19.4 Å². The van der Waals surface area contributed by atoms with Gasteiger partial charge in [-0.05, 0) is 42.8 Å². The van der Waals surface area contributed by atoms with Crippen molar-refractivity contribution in [3.05, 3.63) is 0 Å². The summed E-state index contributed by atoms with van der Waals surface area (Å²) in [5.41, 5.74) is -1.22. The Morgan fingerprint density at radius 3 is 2.92 bits per heavy atom. The van der Waals surface area contributed by atoms with Gasteiger partial charge in [0.05, 0.1) is 6.04 Å². The fourth-order valence-electron chi connectivity index (χ4n) is 1.73. The molecule has 0 saturated carbocycles. The smallest absolute Gasteiger partial charge is 0.128 e. The molecule has 1 aliphatic rings. The molecule has 0 spiro atoms. The third kappa shape index (κ3) is 2.69. The molecule has 0 radical (unpaired) electrons. The average Bonchev–Trinajstić information content (AvgIpc) is 2.26. The first-order chi connectivity index (χ1) is 6.12. The van der Waals surface area contributed by atoms with Gasteiger partial charge in [-0.15, -0.1) is 0 Å². The van der Waals surface area contributed by atoms with Crippen molar-refractivity contribution >= 4 is 23.6 Å². The Kier molecular flexibility index (Phi) is 4.23. The lowest BCUT2D eigenvalue weighted by atomic mass is 9.90. The van der Waals surface area contributed by atoms with Gasteiger partial charge in [-0.25, -0.2) is 13.6 Å². The van der Waals surface area contributed by atoms with E-state index in [-0.39, 0.29) is 6.04 Å². The van der Waals surface area contributed by atoms with Crippen molar-refractivity contribution in [1.29, 1.82) is 0 Å². The van der Waals surface area contributed by atoms with Gasteiger partial charge in [0.15, 0.2) is 0 Å². The fourth-order valence-corrected chi connectivity index (χ4v) is 2.25. The lowest BCUT2D eigenvalue weighted by Gasteiger charge is -2.30. The van der Waals surface area contributed by atoms with E-state index in [4.69, 9.17) is 23.6 Å². The first-order valence-corrected chi connectivity index (χ1v) is 5.30.